The highest BCUT2D eigenvalue weighted by molar-refractivity contribution is 5.79. The smallest absolute Gasteiger partial charge is 0.326 e. The lowest BCUT2D eigenvalue weighted by Gasteiger charge is -2.21. The van der Waals surface area contributed by atoms with E-state index < -0.39 is 5.54 Å². The van der Waals surface area contributed by atoms with Crippen LogP contribution < -0.4 is 5.73 Å². The molecule has 88 valence electrons. The van der Waals surface area contributed by atoms with E-state index in [1.165, 1.54) is 0 Å². The van der Waals surface area contributed by atoms with Gasteiger partial charge in [0.1, 0.15) is 12.1 Å². The molecule has 0 aliphatic rings. The van der Waals surface area contributed by atoms with Crippen LogP contribution in [0.1, 0.15) is 32.3 Å². The molecule has 2 N–H and O–H groups in total. The Balaban J connectivity index is 2.47. The Morgan fingerprint density at radius 2 is 2.00 bits per heavy atom. The zero-order chi connectivity index (χ0) is 12.0. The summed E-state index contributed by atoms with van der Waals surface area (Å²) >= 11 is 0. The van der Waals surface area contributed by atoms with Crippen LogP contribution in [0.5, 0.6) is 0 Å². The fourth-order valence-corrected chi connectivity index (χ4v) is 1.51. The van der Waals surface area contributed by atoms with Gasteiger partial charge in [0.2, 0.25) is 0 Å². The number of hydrogen-bond donors (Lipinski definition) is 1. The van der Waals surface area contributed by atoms with Gasteiger partial charge in [0.25, 0.3) is 0 Å². The number of carbonyl (C=O) groups excluding carboxylic acids is 1. The fourth-order valence-electron chi connectivity index (χ4n) is 1.51. The molecule has 0 aliphatic carbocycles. The second-order valence-corrected chi connectivity index (χ2v) is 4.23. The molecule has 1 aromatic carbocycles. The topological polar surface area (TPSA) is 52.3 Å². The summed E-state index contributed by atoms with van der Waals surface area (Å²) in [6.07, 6.45) is 1.51. The van der Waals surface area contributed by atoms with Gasteiger partial charge in [-0.25, -0.2) is 0 Å². The summed E-state index contributed by atoms with van der Waals surface area (Å²) in [5, 5.41) is 0. The normalized spacial score (nSPS) is 14.2. The average Bonchev–Trinajstić information content (AvgIpc) is 2.27. The van der Waals surface area contributed by atoms with Gasteiger partial charge in [-0.2, -0.15) is 0 Å². The Bertz CT molecular complexity index is 333. The van der Waals surface area contributed by atoms with E-state index in [9.17, 15) is 4.79 Å². The molecule has 0 amide bonds. The number of benzene rings is 1. The van der Waals surface area contributed by atoms with Crippen LogP contribution in [0.3, 0.4) is 0 Å². The largest absolute Gasteiger partial charge is 0.459 e. The molecule has 0 radical (unpaired) electrons. The maximum Gasteiger partial charge on any atom is 0.326 e. The Morgan fingerprint density at radius 3 is 2.56 bits per heavy atom. The van der Waals surface area contributed by atoms with Crippen LogP contribution in [-0.4, -0.2) is 11.5 Å². The van der Waals surface area contributed by atoms with Gasteiger partial charge in [-0.3, -0.25) is 4.79 Å². The van der Waals surface area contributed by atoms with E-state index in [0.717, 1.165) is 12.0 Å². The zero-order valence-corrected chi connectivity index (χ0v) is 9.90. The summed E-state index contributed by atoms with van der Waals surface area (Å²) in [4.78, 5) is 11.7. The Morgan fingerprint density at radius 1 is 1.38 bits per heavy atom. The summed E-state index contributed by atoms with van der Waals surface area (Å²) < 4.78 is 5.18. The predicted molar refractivity (Wildman–Crippen MR) is 63.7 cm³/mol. The second-order valence-electron chi connectivity index (χ2n) is 4.23. The molecule has 3 heteroatoms. The summed E-state index contributed by atoms with van der Waals surface area (Å²) in [5.74, 6) is -0.335. The molecule has 1 atom stereocenters. The van der Waals surface area contributed by atoms with Crippen molar-refractivity contribution >= 4 is 5.97 Å². The van der Waals surface area contributed by atoms with E-state index in [0.29, 0.717) is 6.42 Å². The number of hydrogen-bond acceptors (Lipinski definition) is 3. The van der Waals surface area contributed by atoms with Crippen molar-refractivity contribution < 1.29 is 9.53 Å². The first-order chi connectivity index (χ1) is 7.56. The summed E-state index contributed by atoms with van der Waals surface area (Å²) in [6.45, 7) is 4.00. The van der Waals surface area contributed by atoms with Gasteiger partial charge in [-0.15, -0.1) is 0 Å². The highest BCUT2D eigenvalue weighted by Gasteiger charge is 2.28. The number of carbonyl (C=O) groups is 1. The van der Waals surface area contributed by atoms with Crippen molar-refractivity contribution in [3.63, 3.8) is 0 Å². The van der Waals surface area contributed by atoms with Gasteiger partial charge in [0.15, 0.2) is 0 Å². The summed E-state index contributed by atoms with van der Waals surface area (Å²) in [5.41, 5.74) is 5.96. The van der Waals surface area contributed by atoms with E-state index in [1.54, 1.807) is 6.92 Å². The molecule has 1 aromatic rings. The minimum absolute atomic E-state index is 0.288. The van der Waals surface area contributed by atoms with Crippen molar-refractivity contribution in [1.29, 1.82) is 0 Å². The van der Waals surface area contributed by atoms with E-state index in [1.807, 2.05) is 37.3 Å². The lowest BCUT2D eigenvalue weighted by Crippen LogP contribution is -2.45. The van der Waals surface area contributed by atoms with Crippen LogP contribution in [-0.2, 0) is 16.1 Å². The predicted octanol–water partition coefficient (Wildman–Crippen LogP) is 2.25. The molecule has 3 nitrogen and oxygen atoms in total. The van der Waals surface area contributed by atoms with Crippen molar-refractivity contribution in [2.45, 2.75) is 38.8 Å². The highest BCUT2D eigenvalue weighted by Crippen LogP contribution is 2.12. The second kappa shape index (κ2) is 5.66. The minimum Gasteiger partial charge on any atom is -0.459 e. The van der Waals surface area contributed by atoms with Crippen LogP contribution >= 0.6 is 0 Å². The lowest BCUT2D eigenvalue weighted by molar-refractivity contribution is -0.151. The maximum absolute atomic E-state index is 11.7. The molecule has 0 aromatic heterocycles. The number of nitrogens with two attached hydrogens (primary N) is 1. The SMILES string of the molecule is CCC[C@@](C)(N)C(=O)OCc1ccccc1. The first-order valence-corrected chi connectivity index (χ1v) is 5.56. The zero-order valence-electron chi connectivity index (χ0n) is 9.90. The van der Waals surface area contributed by atoms with Crippen LogP contribution in [0, 0.1) is 0 Å². The highest BCUT2D eigenvalue weighted by atomic mass is 16.5. The third kappa shape index (κ3) is 3.66. The Kier molecular flexibility index (Phi) is 4.50. The molecule has 0 saturated carbocycles. The molecular weight excluding hydrogens is 202 g/mol. The van der Waals surface area contributed by atoms with Crippen molar-refractivity contribution in [2.75, 3.05) is 0 Å². The molecule has 0 unspecified atom stereocenters. The fraction of sp³-hybridized carbons (Fsp3) is 0.462. The Labute approximate surface area is 96.6 Å². The lowest BCUT2D eigenvalue weighted by atomic mass is 9.98. The quantitative estimate of drug-likeness (QED) is 0.776. The molecule has 0 fully saturated rings. The van der Waals surface area contributed by atoms with E-state index in [4.69, 9.17) is 10.5 Å². The molecule has 0 spiro atoms. The van der Waals surface area contributed by atoms with Crippen LogP contribution in [0.4, 0.5) is 0 Å². The Hall–Kier alpha value is -1.35. The van der Waals surface area contributed by atoms with Crippen LogP contribution in [0.15, 0.2) is 30.3 Å². The first-order valence-electron chi connectivity index (χ1n) is 5.56. The van der Waals surface area contributed by atoms with E-state index in [-0.39, 0.29) is 12.6 Å². The minimum atomic E-state index is -0.871. The molecule has 0 aliphatic heterocycles. The van der Waals surface area contributed by atoms with E-state index >= 15 is 0 Å². The van der Waals surface area contributed by atoms with Gasteiger partial charge < -0.3 is 10.5 Å². The number of esters is 1. The van der Waals surface area contributed by atoms with Gasteiger partial charge in [0.05, 0.1) is 0 Å². The van der Waals surface area contributed by atoms with Gasteiger partial charge >= 0.3 is 5.97 Å². The monoisotopic (exact) mass is 221 g/mol. The van der Waals surface area contributed by atoms with Gasteiger partial charge in [-0.05, 0) is 18.9 Å². The molecule has 0 saturated heterocycles. The van der Waals surface area contributed by atoms with Crippen molar-refractivity contribution in [1.82, 2.24) is 0 Å². The molecule has 0 bridgehead atoms. The average molecular weight is 221 g/mol. The first kappa shape index (κ1) is 12.7. The van der Waals surface area contributed by atoms with Crippen molar-refractivity contribution in [3.05, 3.63) is 35.9 Å². The van der Waals surface area contributed by atoms with E-state index in [2.05, 4.69) is 0 Å². The molecule has 16 heavy (non-hydrogen) atoms. The molecular formula is C13H19NO2. The third-order valence-corrected chi connectivity index (χ3v) is 2.45. The summed E-state index contributed by atoms with van der Waals surface area (Å²) in [7, 11) is 0. The van der Waals surface area contributed by atoms with Crippen molar-refractivity contribution in [2.24, 2.45) is 5.73 Å². The third-order valence-electron chi connectivity index (χ3n) is 2.45. The van der Waals surface area contributed by atoms with Gasteiger partial charge in [-0.1, -0.05) is 43.7 Å². The maximum atomic E-state index is 11.7. The number of ether oxygens (including phenoxy) is 1. The van der Waals surface area contributed by atoms with Crippen LogP contribution in [0.25, 0.3) is 0 Å². The standard InChI is InChI=1S/C13H19NO2/c1-3-9-13(2,14)12(15)16-10-11-7-5-4-6-8-11/h4-8H,3,9-10,14H2,1-2H3/t13-/m1/s1. The molecule has 1 rings (SSSR count). The van der Waals surface area contributed by atoms with Gasteiger partial charge in [0, 0.05) is 0 Å². The number of rotatable bonds is 5. The summed E-state index contributed by atoms with van der Waals surface area (Å²) in [6, 6.07) is 9.59. The molecule has 0 heterocycles. The van der Waals surface area contributed by atoms with Crippen LogP contribution in [0.2, 0.25) is 0 Å². The van der Waals surface area contributed by atoms with Crippen molar-refractivity contribution in [3.8, 4) is 0 Å².